The Bertz CT molecular complexity index is 2360. The lowest BCUT2D eigenvalue weighted by molar-refractivity contribution is 0.665. The second-order valence-corrected chi connectivity index (χ2v) is 12.0. The molecule has 7 aromatic rings. The van der Waals surface area contributed by atoms with Gasteiger partial charge in [0, 0.05) is 22.1 Å². The second-order valence-electron chi connectivity index (χ2n) is 12.0. The Hall–Kier alpha value is -6.13. The van der Waals surface area contributed by atoms with Crippen LogP contribution in [0.3, 0.4) is 0 Å². The average Bonchev–Trinajstić information content (AvgIpc) is 3.56. The Kier molecular flexibility index (Phi) is 7.89. The van der Waals surface area contributed by atoms with E-state index in [-0.39, 0.29) is 0 Å². The Balaban J connectivity index is 1.17. The zero-order valence-electron chi connectivity index (χ0n) is 26.5. The number of para-hydroxylation sites is 1. The molecule has 5 aromatic carbocycles. The molecular formula is C44H33N3O. The van der Waals surface area contributed by atoms with Gasteiger partial charge in [0.2, 0.25) is 0 Å². The molecule has 0 N–H and O–H groups in total. The van der Waals surface area contributed by atoms with Crippen LogP contribution in [0.2, 0.25) is 0 Å². The molecular weight excluding hydrogens is 587 g/mol. The number of pyridine rings is 1. The fourth-order valence-electron chi connectivity index (χ4n) is 6.48. The summed E-state index contributed by atoms with van der Waals surface area (Å²) in [5.74, 6) is 0. The molecule has 2 aromatic heterocycles. The highest BCUT2D eigenvalue weighted by Crippen LogP contribution is 2.40. The predicted molar refractivity (Wildman–Crippen MR) is 200 cm³/mol. The summed E-state index contributed by atoms with van der Waals surface area (Å²) in [5.41, 5.74) is 13.0. The molecule has 0 spiro atoms. The van der Waals surface area contributed by atoms with E-state index < -0.39 is 0 Å². The molecule has 4 heteroatoms. The maximum atomic E-state index is 6.45. The third-order valence-corrected chi connectivity index (χ3v) is 8.90. The molecule has 0 amide bonds. The molecule has 4 nitrogen and oxygen atoms in total. The largest absolute Gasteiger partial charge is 0.455 e. The van der Waals surface area contributed by atoms with Gasteiger partial charge in [0.05, 0.1) is 34.7 Å². The molecule has 0 aliphatic heterocycles. The van der Waals surface area contributed by atoms with Crippen molar-refractivity contribution in [2.24, 2.45) is 9.98 Å². The molecule has 1 aliphatic carbocycles. The average molecular weight is 620 g/mol. The summed E-state index contributed by atoms with van der Waals surface area (Å²) >= 11 is 0. The van der Waals surface area contributed by atoms with Crippen molar-refractivity contribution in [1.29, 1.82) is 0 Å². The number of aliphatic imine (C=N–C) groups is 2. The number of aryl methyl sites for hydroxylation is 1. The van der Waals surface area contributed by atoms with E-state index in [9.17, 15) is 0 Å². The minimum Gasteiger partial charge on any atom is -0.455 e. The van der Waals surface area contributed by atoms with Crippen LogP contribution in [0.4, 0.5) is 0 Å². The third-order valence-electron chi connectivity index (χ3n) is 8.90. The Morgan fingerprint density at radius 2 is 1.48 bits per heavy atom. The van der Waals surface area contributed by atoms with Crippen molar-refractivity contribution in [1.82, 2.24) is 4.98 Å². The molecule has 0 saturated heterocycles. The van der Waals surface area contributed by atoms with E-state index >= 15 is 0 Å². The van der Waals surface area contributed by atoms with E-state index in [0.717, 1.165) is 91.0 Å². The van der Waals surface area contributed by atoms with Crippen molar-refractivity contribution in [2.45, 2.75) is 19.4 Å². The SMILES string of the molecule is C=N/C(=C\C(=NCc1cccc(-c2nc3c(c4oc5ccccc5c24)C=CCC3)c1)c1ccccc1)c1ccc(-c2ccccc2)cc1. The van der Waals surface area contributed by atoms with E-state index in [2.05, 4.69) is 121 Å². The van der Waals surface area contributed by atoms with Crippen molar-refractivity contribution in [2.75, 3.05) is 0 Å². The maximum absolute atomic E-state index is 6.45. The van der Waals surface area contributed by atoms with Crippen LogP contribution >= 0.6 is 0 Å². The van der Waals surface area contributed by atoms with Gasteiger partial charge in [0.15, 0.2) is 0 Å². The summed E-state index contributed by atoms with van der Waals surface area (Å²) in [6.45, 7) is 4.40. The van der Waals surface area contributed by atoms with Gasteiger partial charge in [-0.2, -0.15) is 0 Å². The fourth-order valence-corrected chi connectivity index (χ4v) is 6.48. The van der Waals surface area contributed by atoms with Crippen LogP contribution in [0.25, 0.3) is 56.1 Å². The standard InChI is InChI=1S/C44H33N3O/c1-45-39(34-25-23-32(24-26-34)31-14-4-2-5-15-31)28-40(33-16-6-3-7-17-33)46-29-30-13-12-18-35(27-30)43-42-37-20-9-11-22-41(37)48-44(42)36-19-8-10-21-38(36)47-43/h2-9,11-20,22-28H,1,10,21,29H2/b39-28-,46-40?. The van der Waals surface area contributed by atoms with E-state index in [1.54, 1.807) is 0 Å². The summed E-state index contributed by atoms with van der Waals surface area (Å²) in [7, 11) is 0. The minimum atomic E-state index is 0.495. The van der Waals surface area contributed by atoms with Crippen LogP contribution in [-0.2, 0) is 13.0 Å². The van der Waals surface area contributed by atoms with Crippen LogP contribution in [0.15, 0.2) is 160 Å². The van der Waals surface area contributed by atoms with Gasteiger partial charge >= 0.3 is 0 Å². The van der Waals surface area contributed by atoms with Crippen molar-refractivity contribution in [3.05, 3.63) is 174 Å². The summed E-state index contributed by atoms with van der Waals surface area (Å²) in [6.07, 6.45) is 8.28. The molecule has 0 radical (unpaired) electrons. The normalized spacial score (nSPS) is 13.2. The van der Waals surface area contributed by atoms with E-state index in [1.165, 1.54) is 5.56 Å². The first kappa shape index (κ1) is 29.3. The molecule has 0 fully saturated rings. The van der Waals surface area contributed by atoms with Crippen LogP contribution in [0.1, 0.15) is 34.4 Å². The number of hydrogen-bond acceptors (Lipinski definition) is 4. The quantitative estimate of drug-likeness (QED) is 0.159. The molecule has 48 heavy (non-hydrogen) atoms. The topological polar surface area (TPSA) is 50.8 Å². The van der Waals surface area contributed by atoms with E-state index in [1.807, 2.05) is 42.5 Å². The molecule has 0 unspecified atom stereocenters. The van der Waals surface area contributed by atoms with Gasteiger partial charge in [-0.1, -0.05) is 133 Å². The first-order valence-corrected chi connectivity index (χ1v) is 16.3. The van der Waals surface area contributed by atoms with Gasteiger partial charge in [0.25, 0.3) is 0 Å². The smallest absolute Gasteiger partial charge is 0.146 e. The molecule has 1 aliphatic rings. The van der Waals surface area contributed by atoms with Crippen molar-refractivity contribution in [3.63, 3.8) is 0 Å². The highest BCUT2D eigenvalue weighted by Gasteiger charge is 2.21. The number of benzene rings is 5. The van der Waals surface area contributed by atoms with Gasteiger partial charge in [-0.15, -0.1) is 0 Å². The number of furan rings is 1. The van der Waals surface area contributed by atoms with Gasteiger partial charge < -0.3 is 4.42 Å². The first-order chi connectivity index (χ1) is 23.7. The lowest BCUT2D eigenvalue weighted by Crippen LogP contribution is -2.01. The van der Waals surface area contributed by atoms with Crippen LogP contribution < -0.4 is 0 Å². The molecule has 0 saturated carbocycles. The molecule has 230 valence electrons. The number of hydrogen-bond donors (Lipinski definition) is 0. The van der Waals surface area contributed by atoms with Crippen molar-refractivity contribution < 1.29 is 4.42 Å². The first-order valence-electron chi connectivity index (χ1n) is 16.3. The van der Waals surface area contributed by atoms with Crippen LogP contribution in [-0.4, -0.2) is 17.4 Å². The second kappa shape index (κ2) is 12.9. The van der Waals surface area contributed by atoms with Gasteiger partial charge in [-0.3, -0.25) is 15.0 Å². The van der Waals surface area contributed by atoms with Gasteiger partial charge in [-0.05, 0) is 60.0 Å². The number of fused-ring (bicyclic) bond motifs is 5. The molecule has 2 heterocycles. The van der Waals surface area contributed by atoms with Crippen LogP contribution in [0.5, 0.6) is 0 Å². The number of allylic oxidation sites excluding steroid dienone is 2. The highest BCUT2D eigenvalue weighted by atomic mass is 16.3. The van der Waals surface area contributed by atoms with E-state index in [4.69, 9.17) is 14.4 Å². The summed E-state index contributed by atoms with van der Waals surface area (Å²) in [5, 5.41) is 2.14. The van der Waals surface area contributed by atoms with Gasteiger partial charge in [-0.25, -0.2) is 0 Å². The maximum Gasteiger partial charge on any atom is 0.146 e. The highest BCUT2D eigenvalue weighted by molar-refractivity contribution is 6.14. The molecule has 8 rings (SSSR count). The van der Waals surface area contributed by atoms with Gasteiger partial charge in [0.1, 0.15) is 11.2 Å². The lowest BCUT2D eigenvalue weighted by atomic mass is 9.96. The van der Waals surface area contributed by atoms with Crippen LogP contribution in [0, 0.1) is 0 Å². The number of nitrogens with zero attached hydrogens (tertiary/aromatic N) is 3. The zero-order valence-corrected chi connectivity index (χ0v) is 26.5. The molecule has 0 atom stereocenters. The number of aromatic nitrogens is 1. The lowest BCUT2D eigenvalue weighted by Gasteiger charge is -2.14. The fraction of sp³-hybridized carbons (Fsp3) is 0.0682. The molecule has 0 bridgehead atoms. The minimum absolute atomic E-state index is 0.495. The number of rotatable bonds is 8. The monoisotopic (exact) mass is 619 g/mol. The zero-order chi connectivity index (χ0) is 32.3. The Morgan fingerprint density at radius 3 is 2.29 bits per heavy atom. The summed E-state index contributed by atoms with van der Waals surface area (Å²) in [6, 6.07) is 45.9. The summed E-state index contributed by atoms with van der Waals surface area (Å²) in [4.78, 5) is 14.8. The third kappa shape index (κ3) is 5.69. The van der Waals surface area contributed by atoms with Crippen molar-refractivity contribution in [3.8, 4) is 22.4 Å². The Morgan fingerprint density at radius 1 is 0.750 bits per heavy atom. The van der Waals surface area contributed by atoms with E-state index in [0.29, 0.717) is 6.54 Å². The summed E-state index contributed by atoms with van der Waals surface area (Å²) < 4.78 is 6.45. The predicted octanol–water partition coefficient (Wildman–Crippen LogP) is 11.0. The van der Waals surface area contributed by atoms with Crippen molar-refractivity contribution >= 4 is 46.1 Å². The Labute approximate surface area is 280 Å².